The largest absolute Gasteiger partial charge is 0.354 e. The first-order valence-electron chi connectivity index (χ1n) is 6.04. The summed E-state index contributed by atoms with van der Waals surface area (Å²) in [5.41, 5.74) is 5.59. The number of halogens is 2. The van der Waals surface area contributed by atoms with Crippen LogP contribution in [0.5, 0.6) is 0 Å². The molecule has 0 aliphatic rings. The predicted octanol–water partition coefficient (Wildman–Crippen LogP) is 4.92. The Labute approximate surface area is 126 Å². The minimum absolute atomic E-state index is 0.632. The van der Waals surface area contributed by atoms with Gasteiger partial charge in [0.05, 0.1) is 22.6 Å². The van der Waals surface area contributed by atoms with Gasteiger partial charge in [0.25, 0.3) is 0 Å². The fraction of sp³-hybridized carbons (Fsp3) is 0. The smallest absolute Gasteiger partial charge is 0.0748 e. The molecule has 2 N–H and O–H groups in total. The Bertz CT molecular complexity index is 778. The second-order valence-electron chi connectivity index (χ2n) is 4.31. The monoisotopic (exact) mass is 303 g/mol. The molecule has 0 aliphatic heterocycles. The van der Waals surface area contributed by atoms with E-state index in [4.69, 9.17) is 23.2 Å². The first-order chi connectivity index (χ1) is 9.72. The predicted molar refractivity (Wildman–Crippen MR) is 86.0 cm³/mol. The van der Waals surface area contributed by atoms with Crippen molar-refractivity contribution in [2.24, 2.45) is 5.10 Å². The van der Waals surface area contributed by atoms with E-state index in [1.165, 1.54) is 0 Å². The Morgan fingerprint density at radius 1 is 1.05 bits per heavy atom. The molecule has 0 atom stereocenters. The van der Waals surface area contributed by atoms with Crippen molar-refractivity contribution >= 4 is 46.0 Å². The van der Waals surface area contributed by atoms with Crippen molar-refractivity contribution < 1.29 is 0 Å². The van der Waals surface area contributed by atoms with Crippen LogP contribution in [0.3, 0.4) is 0 Å². The van der Waals surface area contributed by atoms with Gasteiger partial charge in [0.15, 0.2) is 0 Å². The average Bonchev–Trinajstić information content (AvgIpc) is 2.83. The second-order valence-corrected chi connectivity index (χ2v) is 5.15. The first-order valence-corrected chi connectivity index (χ1v) is 6.80. The van der Waals surface area contributed by atoms with E-state index >= 15 is 0 Å². The quantitative estimate of drug-likeness (QED) is 0.523. The Kier molecular flexibility index (Phi) is 3.63. The molecule has 0 aliphatic carbocycles. The van der Waals surface area contributed by atoms with E-state index in [0.717, 1.165) is 22.3 Å². The van der Waals surface area contributed by atoms with E-state index in [1.54, 1.807) is 6.21 Å². The van der Waals surface area contributed by atoms with E-state index < -0.39 is 0 Å². The molecule has 100 valence electrons. The third-order valence-electron chi connectivity index (χ3n) is 2.87. The molecule has 0 saturated heterocycles. The van der Waals surface area contributed by atoms with E-state index in [9.17, 15) is 0 Å². The molecule has 3 nitrogen and oxygen atoms in total. The van der Waals surface area contributed by atoms with Gasteiger partial charge >= 0.3 is 0 Å². The minimum Gasteiger partial charge on any atom is -0.354 e. The van der Waals surface area contributed by atoms with Crippen LogP contribution in [0.15, 0.2) is 53.6 Å². The number of aromatic nitrogens is 1. The number of hydrogen-bond donors (Lipinski definition) is 2. The molecule has 3 aromatic rings. The van der Waals surface area contributed by atoms with Gasteiger partial charge in [-0.15, -0.1) is 0 Å². The fourth-order valence-electron chi connectivity index (χ4n) is 1.92. The normalized spacial score (nSPS) is 11.3. The van der Waals surface area contributed by atoms with E-state index in [1.807, 2.05) is 48.5 Å². The lowest BCUT2D eigenvalue weighted by molar-refractivity contribution is 1.33. The van der Waals surface area contributed by atoms with Crippen LogP contribution in [0.2, 0.25) is 10.0 Å². The summed E-state index contributed by atoms with van der Waals surface area (Å²) in [5, 5.41) is 6.57. The first kappa shape index (κ1) is 13.0. The van der Waals surface area contributed by atoms with E-state index in [-0.39, 0.29) is 0 Å². The molecule has 0 radical (unpaired) electrons. The highest BCUT2D eigenvalue weighted by Gasteiger charge is 2.00. The maximum atomic E-state index is 6.03. The van der Waals surface area contributed by atoms with Gasteiger partial charge in [0.1, 0.15) is 0 Å². The lowest BCUT2D eigenvalue weighted by Crippen LogP contribution is -1.91. The van der Waals surface area contributed by atoms with Gasteiger partial charge in [-0.05, 0) is 36.4 Å². The second kappa shape index (κ2) is 5.57. The summed E-state index contributed by atoms with van der Waals surface area (Å²) in [5.74, 6) is 0. The summed E-state index contributed by atoms with van der Waals surface area (Å²) in [6.07, 6.45) is 1.71. The van der Waals surface area contributed by atoms with Crippen molar-refractivity contribution in [1.29, 1.82) is 0 Å². The highest BCUT2D eigenvalue weighted by Crippen LogP contribution is 2.21. The topological polar surface area (TPSA) is 40.2 Å². The van der Waals surface area contributed by atoms with Crippen LogP contribution in [0.4, 0.5) is 5.69 Å². The number of H-pyrrole nitrogens is 1. The number of nitrogens with zero attached hydrogens (tertiary/aromatic N) is 1. The van der Waals surface area contributed by atoms with Gasteiger partial charge in [-0.3, -0.25) is 5.43 Å². The molecule has 3 rings (SSSR count). The van der Waals surface area contributed by atoms with Gasteiger partial charge < -0.3 is 4.98 Å². The summed E-state index contributed by atoms with van der Waals surface area (Å²) in [6.45, 7) is 0. The van der Waals surface area contributed by atoms with Crippen LogP contribution in [0.25, 0.3) is 10.9 Å². The molecule has 5 heteroatoms. The minimum atomic E-state index is 0.632. The number of hydrazone groups is 1. The van der Waals surface area contributed by atoms with Crippen LogP contribution in [0.1, 0.15) is 5.69 Å². The molecule has 0 fully saturated rings. The summed E-state index contributed by atoms with van der Waals surface area (Å²) < 4.78 is 0. The zero-order valence-electron chi connectivity index (χ0n) is 10.4. The van der Waals surface area contributed by atoms with Crippen LogP contribution < -0.4 is 5.43 Å². The van der Waals surface area contributed by atoms with Crippen molar-refractivity contribution in [3.05, 3.63) is 64.3 Å². The average molecular weight is 304 g/mol. The van der Waals surface area contributed by atoms with Crippen LogP contribution in [0, 0.1) is 0 Å². The maximum Gasteiger partial charge on any atom is 0.0748 e. The number of rotatable bonds is 3. The molecular formula is C15H11Cl2N3. The third-order valence-corrected chi connectivity index (χ3v) is 3.43. The van der Waals surface area contributed by atoms with Gasteiger partial charge in [-0.2, -0.15) is 5.10 Å². The third kappa shape index (κ3) is 2.79. The van der Waals surface area contributed by atoms with Gasteiger partial charge in [0, 0.05) is 15.9 Å². The Balaban J connectivity index is 1.79. The number of benzene rings is 2. The van der Waals surface area contributed by atoms with E-state index in [2.05, 4.69) is 15.5 Å². The van der Waals surface area contributed by atoms with Crippen molar-refractivity contribution in [3.63, 3.8) is 0 Å². The SMILES string of the molecule is Clc1ccc2[nH]c(/C=N/Nc3ccccc3Cl)cc2c1. The lowest BCUT2D eigenvalue weighted by Gasteiger charge is -2.01. The van der Waals surface area contributed by atoms with Gasteiger partial charge in [-0.1, -0.05) is 35.3 Å². The number of fused-ring (bicyclic) bond motifs is 1. The summed E-state index contributed by atoms with van der Waals surface area (Å²) in [7, 11) is 0. The molecule has 2 aromatic carbocycles. The molecule has 20 heavy (non-hydrogen) atoms. The number of hydrogen-bond acceptors (Lipinski definition) is 2. The number of nitrogens with one attached hydrogen (secondary N) is 2. The summed E-state index contributed by atoms with van der Waals surface area (Å²) >= 11 is 12.0. The fourth-order valence-corrected chi connectivity index (χ4v) is 2.28. The Morgan fingerprint density at radius 3 is 2.75 bits per heavy atom. The lowest BCUT2D eigenvalue weighted by atomic mass is 10.2. The molecule has 0 amide bonds. The molecule has 0 spiro atoms. The zero-order chi connectivity index (χ0) is 13.9. The van der Waals surface area contributed by atoms with E-state index in [0.29, 0.717) is 10.0 Å². The summed E-state index contributed by atoms with van der Waals surface area (Å²) in [6, 6.07) is 15.1. The summed E-state index contributed by atoms with van der Waals surface area (Å²) in [4.78, 5) is 3.24. The molecule has 0 saturated carbocycles. The molecule has 0 bridgehead atoms. The van der Waals surface area contributed by atoms with Crippen LogP contribution in [-0.2, 0) is 0 Å². The van der Waals surface area contributed by atoms with Crippen molar-refractivity contribution in [3.8, 4) is 0 Å². The van der Waals surface area contributed by atoms with Gasteiger partial charge in [-0.25, -0.2) is 0 Å². The number of para-hydroxylation sites is 1. The van der Waals surface area contributed by atoms with Gasteiger partial charge in [0.2, 0.25) is 0 Å². The number of aromatic amines is 1. The Hall–Kier alpha value is -1.97. The maximum absolute atomic E-state index is 6.03. The Morgan fingerprint density at radius 2 is 1.90 bits per heavy atom. The highest BCUT2D eigenvalue weighted by molar-refractivity contribution is 6.33. The van der Waals surface area contributed by atoms with Crippen molar-refractivity contribution in [1.82, 2.24) is 4.98 Å². The van der Waals surface area contributed by atoms with Crippen LogP contribution >= 0.6 is 23.2 Å². The zero-order valence-corrected chi connectivity index (χ0v) is 11.9. The standard InChI is InChI=1S/C15H11Cl2N3/c16-11-5-6-14-10(7-11)8-12(19-14)9-18-20-15-4-2-1-3-13(15)17/h1-9,19-20H/b18-9+. The van der Waals surface area contributed by atoms with Crippen molar-refractivity contribution in [2.45, 2.75) is 0 Å². The molecule has 1 aromatic heterocycles. The highest BCUT2D eigenvalue weighted by atomic mass is 35.5. The molecular weight excluding hydrogens is 293 g/mol. The van der Waals surface area contributed by atoms with Crippen molar-refractivity contribution in [2.75, 3.05) is 5.43 Å². The number of anilines is 1. The molecule has 1 heterocycles. The molecule has 0 unspecified atom stereocenters. The van der Waals surface area contributed by atoms with Crippen LogP contribution in [-0.4, -0.2) is 11.2 Å².